The molecule has 0 atom stereocenters. The van der Waals surface area contributed by atoms with Crippen LogP contribution in [0.5, 0.6) is 0 Å². The van der Waals surface area contributed by atoms with Gasteiger partial charge in [-0.3, -0.25) is 14.5 Å². The molecule has 0 unspecified atom stereocenters. The van der Waals surface area contributed by atoms with Crippen molar-refractivity contribution in [2.45, 2.75) is 12.8 Å². The number of hydrogen-bond acceptors (Lipinski definition) is 3. The Hall–Kier alpha value is -2.80. The fourth-order valence-corrected chi connectivity index (χ4v) is 2.61. The van der Waals surface area contributed by atoms with Crippen molar-refractivity contribution in [2.24, 2.45) is 5.73 Å². The standard InChI is InChI=1S/C20H23F2N3O2/c1-24(12-10-15-2-4-16(21)5-3-15)14-20(27)25(13-11-19(23)26)18-8-6-17(22)7-9-18/h2-9H,10-14H2,1H3,(H2,23,26). The molecule has 0 heterocycles. The third kappa shape index (κ3) is 6.79. The van der Waals surface area contributed by atoms with Gasteiger partial charge in [0, 0.05) is 25.2 Å². The number of nitrogens with two attached hydrogens (primary N) is 1. The second kappa shape index (κ2) is 9.78. The van der Waals surface area contributed by atoms with Crippen LogP contribution in [0.25, 0.3) is 0 Å². The number of likely N-dealkylation sites (N-methyl/N-ethyl adjacent to an activating group) is 1. The molecule has 0 saturated carbocycles. The first kappa shape index (κ1) is 20.5. The van der Waals surface area contributed by atoms with Crippen molar-refractivity contribution in [3.8, 4) is 0 Å². The third-order valence-corrected chi connectivity index (χ3v) is 4.12. The molecular formula is C20H23F2N3O2. The molecule has 0 fully saturated rings. The molecule has 0 aromatic heterocycles. The van der Waals surface area contributed by atoms with E-state index in [-0.39, 0.29) is 31.2 Å². The predicted molar refractivity (Wildman–Crippen MR) is 100 cm³/mol. The molecule has 2 amide bonds. The fraction of sp³-hybridized carbons (Fsp3) is 0.300. The lowest BCUT2D eigenvalue weighted by molar-refractivity contribution is -0.119. The average molecular weight is 375 g/mol. The number of amides is 2. The molecule has 0 aliphatic carbocycles. The summed E-state index contributed by atoms with van der Waals surface area (Å²) in [5.74, 6) is -1.42. The summed E-state index contributed by atoms with van der Waals surface area (Å²) in [7, 11) is 1.80. The van der Waals surface area contributed by atoms with Crippen LogP contribution in [0, 0.1) is 11.6 Å². The number of carbonyl (C=O) groups is 2. The van der Waals surface area contributed by atoms with Crippen LogP contribution >= 0.6 is 0 Å². The van der Waals surface area contributed by atoms with Gasteiger partial charge in [0.2, 0.25) is 11.8 Å². The Bertz CT molecular complexity index is 764. The number of primary amides is 1. The largest absolute Gasteiger partial charge is 0.370 e. The molecule has 0 radical (unpaired) electrons. The zero-order valence-electron chi connectivity index (χ0n) is 15.2. The van der Waals surface area contributed by atoms with Gasteiger partial charge in [0.1, 0.15) is 11.6 Å². The van der Waals surface area contributed by atoms with E-state index in [1.165, 1.54) is 41.3 Å². The van der Waals surface area contributed by atoms with Crippen LogP contribution in [0.15, 0.2) is 48.5 Å². The van der Waals surface area contributed by atoms with Gasteiger partial charge in [-0.1, -0.05) is 12.1 Å². The van der Waals surface area contributed by atoms with Crippen LogP contribution in [-0.4, -0.2) is 43.4 Å². The Morgan fingerprint density at radius 1 is 0.926 bits per heavy atom. The minimum Gasteiger partial charge on any atom is -0.370 e. The monoisotopic (exact) mass is 375 g/mol. The van der Waals surface area contributed by atoms with E-state index in [1.54, 1.807) is 19.2 Å². The van der Waals surface area contributed by atoms with E-state index in [4.69, 9.17) is 5.73 Å². The van der Waals surface area contributed by atoms with Crippen LogP contribution < -0.4 is 10.6 Å². The molecule has 0 saturated heterocycles. The van der Waals surface area contributed by atoms with E-state index in [2.05, 4.69) is 0 Å². The zero-order valence-corrected chi connectivity index (χ0v) is 15.2. The lowest BCUT2D eigenvalue weighted by atomic mass is 10.1. The van der Waals surface area contributed by atoms with Gasteiger partial charge in [-0.2, -0.15) is 0 Å². The van der Waals surface area contributed by atoms with Crippen molar-refractivity contribution in [3.63, 3.8) is 0 Å². The summed E-state index contributed by atoms with van der Waals surface area (Å²) in [6.07, 6.45) is 0.685. The van der Waals surface area contributed by atoms with Crippen molar-refractivity contribution in [1.82, 2.24) is 4.90 Å². The lowest BCUT2D eigenvalue weighted by Gasteiger charge is -2.25. The Labute approximate surface area is 157 Å². The number of nitrogens with zero attached hydrogens (tertiary/aromatic N) is 2. The average Bonchev–Trinajstić information content (AvgIpc) is 2.62. The minimum absolute atomic E-state index is 0.0163. The maximum absolute atomic E-state index is 13.2. The fourth-order valence-electron chi connectivity index (χ4n) is 2.61. The molecule has 2 aromatic rings. The second-order valence-corrected chi connectivity index (χ2v) is 6.35. The number of halogens is 2. The van der Waals surface area contributed by atoms with Crippen LogP contribution in [0.4, 0.5) is 14.5 Å². The van der Waals surface area contributed by atoms with Gasteiger partial charge in [-0.05, 0) is 55.4 Å². The Morgan fingerprint density at radius 3 is 2.04 bits per heavy atom. The third-order valence-electron chi connectivity index (χ3n) is 4.12. The van der Waals surface area contributed by atoms with Crippen molar-refractivity contribution < 1.29 is 18.4 Å². The molecule has 2 N–H and O–H groups in total. The van der Waals surface area contributed by atoms with Crippen molar-refractivity contribution in [2.75, 3.05) is 31.6 Å². The maximum atomic E-state index is 13.2. The second-order valence-electron chi connectivity index (χ2n) is 6.35. The van der Waals surface area contributed by atoms with E-state index >= 15 is 0 Å². The van der Waals surface area contributed by atoms with Crippen molar-refractivity contribution in [1.29, 1.82) is 0 Å². The molecule has 2 rings (SSSR count). The SMILES string of the molecule is CN(CCc1ccc(F)cc1)CC(=O)N(CCC(N)=O)c1ccc(F)cc1. The van der Waals surface area contributed by atoms with Gasteiger partial charge in [0.25, 0.3) is 0 Å². The predicted octanol–water partition coefficient (Wildman–Crippen LogP) is 2.35. The molecule has 0 aliphatic heterocycles. The van der Waals surface area contributed by atoms with Crippen LogP contribution in [0.1, 0.15) is 12.0 Å². The summed E-state index contributed by atoms with van der Waals surface area (Å²) in [6.45, 7) is 0.855. The molecule has 0 bridgehead atoms. The summed E-state index contributed by atoms with van der Waals surface area (Å²) in [4.78, 5) is 27.1. The summed E-state index contributed by atoms with van der Waals surface area (Å²) >= 11 is 0. The van der Waals surface area contributed by atoms with E-state index < -0.39 is 11.7 Å². The highest BCUT2D eigenvalue weighted by atomic mass is 19.1. The Balaban J connectivity index is 1.97. The molecule has 2 aromatic carbocycles. The van der Waals surface area contributed by atoms with Gasteiger partial charge in [-0.15, -0.1) is 0 Å². The number of hydrogen-bond donors (Lipinski definition) is 1. The van der Waals surface area contributed by atoms with Gasteiger partial charge in [0.05, 0.1) is 6.54 Å². The van der Waals surface area contributed by atoms with Gasteiger partial charge in [-0.25, -0.2) is 8.78 Å². The number of rotatable bonds is 9. The highest BCUT2D eigenvalue weighted by Crippen LogP contribution is 2.16. The minimum atomic E-state index is -0.514. The lowest BCUT2D eigenvalue weighted by Crippen LogP contribution is -2.41. The van der Waals surface area contributed by atoms with E-state index in [1.807, 2.05) is 4.90 Å². The number of anilines is 1. The van der Waals surface area contributed by atoms with E-state index in [9.17, 15) is 18.4 Å². The highest BCUT2D eigenvalue weighted by Gasteiger charge is 2.18. The Morgan fingerprint density at radius 2 is 1.48 bits per heavy atom. The summed E-state index contributed by atoms with van der Waals surface area (Å²) in [6, 6.07) is 11.7. The highest BCUT2D eigenvalue weighted by molar-refractivity contribution is 5.95. The van der Waals surface area contributed by atoms with E-state index in [0.29, 0.717) is 18.7 Å². The van der Waals surface area contributed by atoms with Gasteiger partial charge < -0.3 is 10.6 Å². The molecule has 7 heteroatoms. The number of carbonyl (C=O) groups excluding carboxylic acids is 2. The summed E-state index contributed by atoms with van der Waals surface area (Å²) in [5, 5.41) is 0. The van der Waals surface area contributed by atoms with Crippen molar-refractivity contribution in [3.05, 3.63) is 65.7 Å². The molecule has 0 spiro atoms. The first-order chi connectivity index (χ1) is 12.8. The molecular weight excluding hydrogens is 352 g/mol. The van der Waals surface area contributed by atoms with E-state index in [0.717, 1.165) is 5.56 Å². The molecule has 27 heavy (non-hydrogen) atoms. The topological polar surface area (TPSA) is 66.6 Å². The smallest absolute Gasteiger partial charge is 0.241 e. The molecule has 0 aliphatic rings. The van der Waals surface area contributed by atoms with Crippen LogP contribution in [0.2, 0.25) is 0 Å². The van der Waals surface area contributed by atoms with Crippen molar-refractivity contribution >= 4 is 17.5 Å². The first-order valence-corrected chi connectivity index (χ1v) is 8.62. The molecule has 144 valence electrons. The quantitative estimate of drug-likeness (QED) is 0.732. The van der Waals surface area contributed by atoms with Crippen LogP contribution in [0.3, 0.4) is 0 Å². The van der Waals surface area contributed by atoms with Gasteiger partial charge >= 0.3 is 0 Å². The normalized spacial score (nSPS) is 10.8. The summed E-state index contributed by atoms with van der Waals surface area (Å²) < 4.78 is 26.1. The van der Waals surface area contributed by atoms with Gasteiger partial charge in [0.15, 0.2) is 0 Å². The Kier molecular flexibility index (Phi) is 7.43. The van der Waals surface area contributed by atoms with Crippen LogP contribution in [-0.2, 0) is 16.0 Å². The first-order valence-electron chi connectivity index (χ1n) is 8.62. The maximum Gasteiger partial charge on any atom is 0.241 e. The number of benzene rings is 2. The summed E-state index contributed by atoms with van der Waals surface area (Å²) in [5.41, 5.74) is 6.67. The molecule has 5 nitrogen and oxygen atoms in total. The zero-order chi connectivity index (χ0) is 19.8.